The molecule has 4 nitrogen and oxygen atoms in total. The summed E-state index contributed by atoms with van der Waals surface area (Å²) < 4.78 is 2.55. The molecule has 1 N–H and O–H groups in total. The van der Waals surface area contributed by atoms with Crippen LogP contribution >= 0.6 is 0 Å². The van der Waals surface area contributed by atoms with E-state index in [1.165, 1.54) is 30.1 Å². The van der Waals surface area contributed by atoms with Crippen LogP contribution in [0.2, 0.25) is 0 Å². The zero-order valence-corrected chi connectivity index (χ0v) is 11.7. The van der Waals surface area contributed by atoms with Gasteiger partial charge in [-0.25, -0.2) is 4.98 Å². The third kappa shape index (κ3) is 2.19. The fraction of sp³-hybridized carbons (Fsp3) is 0.786. The highest BCUT2D eigenvalue weighted by molar-refractivity contribution is 5.25. The Bertz CT molecular complexity index is 431. The summed E-state index contributed by atoms with van der Waals surface area (Å²) in [6, 6.07) is 0.532. The molecule has 1 unspecified atom stereocenters. The van der Waals surface area contributed by atoms with Gasteiger partial charge in [0.15, 0.2) is 0 Å². The third-order valence-corrected chi connectivity index (χ3v) is 3.96. The van der Waals surface area contributed by atoms with Crippen LogP contribution in [0.15, 0.2) is 0 Å². The molecule has 0 saturated heterocycles. The molecule has 1 fully saturated rings. The lowest BCUT2D eigenvalue weighted by Crippen LogP contribution is -2.28. The number of fused-ring (bicyclic) bond motifs is 1. The van der Waals surface area contributed by atoms with Crippen LogP contribution in [0.1, 0.15) is 48.9 Å². The lowest BCUT2D eigenvalue weighted by molar-refractivity contribution is 0.327. The molecule has 2 aliphatic rings. The molecular weight excluding hydrogens is 224 g/mol. The van der Waals surface area contributed by atoms with Gasteiger partial charge in [-0.15, -0.1) is 0 Å². The quantitative estimate of drug-likeness (QED) is 0.877. The molecule has 4 heteroatoms. The molecule has 0 bridgehead atoms. The second-order valence-electron chi connectivity index (χ2n) is 6.05. The van der Waals surface area contributed by atoms with Crippen LogP contribution < -0.4 is 5.32 Å². The molecule has 2 heterocycles. The average Bonchev–Trinajstić information content (AvgIpc) is 3.08. The molecular formula is C14H24N4. The zero-order chi connectivity index (χ0) is 12.7. The summed E-state index contributed by atoms with van der Waals surface area (Å²) in [5, 5.41) is 3.43. The molecule has 1 aromatic heterocycles. The molecule has 0 amide bonds. The minimum absolute atomic E-state index is 0.532. The molecule has 0 radical (unpaired) electrons. The predicted octanol–water partition coefficient (Wildman–Crippen LogP) is 1.53. The molecule has 18 heavy (non-hydrogen) atoms. The predicted molar refractivity (Wildman–Crippen MR) is 72.9 cm³/mol. The van der Waals surface area contributed by atoms with Gasteiger partial charge in [-0.05, 0) is 33.9 Å². The summed E-state index contributed by atoms with van der Waals surface area (Å²) in [5.74, 6) is 2.10. The van der Waals surface area contributed by atoms with E-state index in [0.29, 0.717) is 6.04 Å². The monoisotopic (exact) mass is 248 g/mol. The second kappa shape index (κ2) is 4.67. The summed E-state index contributed by atoms with van der Waals surface area (Å²) in [7, 11) is 4.30. The highest BCUT2D eigenvalue weighted by atomic mass is 15.2. The van der Waals surface area contributed by atoms with E-state index in [-0.39, 0.29) is 0 Å². The summed E-state index contributed by atoms with van der Waals surface area (Å²) in [4.78, 5) is 7.20. The van der Waals surface area contributed by atoms with Gasteiger partial charge in [-0.2, -0.15) is 0 Å². The van der Waals surface area contributed by atoms with E-state index in [1.807, 2.05) is 0 Å². The Morgan fingerprint density at radius 2 is 2.22 bits per heavy atom. The molecule has 1 saturated carbocycles. The molecule has 3 rings (SSSR count). The van der Waals surface area contributed by atoms with Crippen LogP contribution in [-0.2, 0) is 13.0 Å². The highest BCUT2D eigenvalue weighted by Crippen LogP contribution is 2.41. The van der Waals surface area contributed by atoms with Crippen molar-refractivity contribution in [3.05, 3.63) is 17.2 Å². The highest BCUT2D eigenvalue weighted by Gasteiger charge is 2.33. The van der Waals surface area contributed by atoms with Gasteiger partial charge in [-0.3, -0.25) is 0 Å². The van der Waals surface area contributed by atoms with Gasteiger partial charge >= 0.3 is 0 Å². The maximum Gasteiger partial charge on any atom is 0.112 e. The van der Waals surface area contributed by atoms with Crippen molar-refractivity contribution in [3.63, 3.8) is 0 Å². The number of nitrogens with one attached hydrogen (secondary N) is 1. The van der Waals surface area contributed by atoms with E-state index >= 15 is 0 Å². The SMILES string of the molecule is CC(CN(C)C)n1c(C2CC2)nc2c1CCNC2. The van der Waals surface area contributed by atoms with Crippen molar-refractivity contribution in [1.82, 2.24) is 19.8 Å². The topological polar surface area (TPSA) is 33.1 Å². The van der Waals surface area contributed by atoms with Crippen molar-refractivity contribution < 1.29 is 0 Å². The largest absolute Gasteiger partial charge is 0.327 e. The second-order valence-corrected chi connectivity index (χ2v) is 6.05. The average molecular weight is 248 g/mol. The van der Waals surface area contributed by atoms with Gasteiger partial charge in [0.05, 0.1) is 5.69 Å². The lowest BCUT2D eigenvalue weighted by atomic mass is 10.1. The Hall–Kier alpha value is -0.870. The zero-order valence-electron chi connectivity index (χ0n) is 11.7. The Labute approximate surface area is 109 Å². The third-order valence-electron chi connectivity index (χ3n) is 3.96. The van der Waals surface area contributed by atoms with Gasteiger partial charge in [0, 0.05) is 43.7 Å². The van der Waals surface area contributed by atoms with Crippen molar-refractivity contribution in [2.75, 3.05) is 27.2 Å². The molecule has 1 atom stereocenters. The van der Waals surface area contributed by atoms with Crippen LogP contribution in [0.25, 0.3) is 0 Å². The van der Waals surface area contributed by atoms with E-state index in [1.54, 1.807) is 0 Å². The van der Waals surface area contributed by atoms with Gasteiger partial charge in [0.1, 0.15) is 5.82 Å². The van der Waals surface area contributed by atoms with E-state index in [0.717, 1.165) is 32.0 Å². The van der Waals surface area contributed by atoms with Crippen LogP contribution in [0, 0.1) is 0 Å². The maximum absolute atomic E-state index is 4.92. The van der Waals surface area contributed by atoms with Gasteiger partial charge in [0.25, 0.3) is 0 Å². The number of rotatable bonds is 4. The molecule has 0 spiro atoms. The Kier molecular flexibility index (Phi) is 3.16. The van der Waals surface area contributed by atoms with Crippen LogP contribution in [0.3, 0.4) is 0 Å². The first-order valence-corrected chi connectivity index (χ1v) is 7.12. The summed E-state index contributed by atoms with van der Waals surface area (Å²) in [6.07, 6.45) is 3.79. The van der Waals surface area contributed by atoms with Crippen molar-refractivity contribution in [3.8, 4) is 0 Å². The summed E-state index contributed by atoms with van der Waals surface area (Å²) in [6.45, 7) is 5.47. The standard InChI is InChI=1S/C14H24N4/c1-10(9-17(2)3)18-13-6-7-15-8-12(13)16-14(18)11-4-5-11/h10-11,15H,4-9H2,1-3H3. The van der Waals surface area contributed by atoms with Crippen LogP contribution in [0.5, 0.6) is 0 Å². The number of imidazole rings is 1. The van der Waals surface area contributed by atoms with Gasteiger partial charge in [-0.1, -0.05) is 0 Å². The summed E-state index contributed by atoms with van der Waals surface area (Å²) >= 11 is 0. The van der Waals surface area contributed by atoms with Gasteiger partial charge in [0.2, 0.25) is 0 Å². The molecule has 1 aromatic rings. The Morgan fingerprint density at radius 1 is 1.44 bits per heavy atom. The number of nitrogens with zero attached hydrogens (tertiary/aromatic N) is 3. The fourth-order valence-corrected chi connectivity index (χ4v) is 3.09. The van der Waals surface area contributed by atoms with Gasteiger partial charge < -0.3 is 14.8 Å². The molecule has 0 aromatic carbocycles. The van der Waals surface area contributed by atoms with E-state index in [9.17, 15) is 0 Å². The van der Waals surface area contributed by atoms with Crippen molar-refractivity contribution in [1.29, 1.82) is 0 Å². The van der Waals surface area contributed by atoms with Crippen LogP contribution in [0.4, 0.5) is 0 Å². The minimum atomic E-state index is 0.532. The number of aromatic nitrogens is 2. The smallest absolute Gasteiger partial charge is 0.112 e. The van der Waals surface area contributed by atoms with Crippen molar-refractivity contribution >= 4 is 0 Å². The maximum atomic E-state index is 4.92. The minimum Gasteiger partial charge on any atom is -0.327 e. The first-order valence-electron chi connectivity index (χ1n) is 7.12. The van der Waals surface area contributed by atoms with Crippen LogP contribution in [-0.4, -0.2) is 41.6 Å². The Balaban J connectivity index is 1.96. The summed E-state index contributed by atoms with van der Waals surface area (Å²) in [5.41, 5.74) is 2.79. The molecule has 1 aliphatic carbocycles. The van der Waals surface area contributed by atoms with Crippen molar-refractivity contribution in [2.45, 2.75) is 44.7 Å². The number of hydrogen-bond donors (Lipinski definition) is 1. The lowest BCUT2D eigenvalue weighted by Gasteiger charge is -2.24. The number of likely N-dealkylation sites (N-methyl/N-ethyl adjacent to an activating group) is 1. The fourth-order valence-electron chi connectivity index (χ4n) is 3.09. The normalized spacial score (nSPS) is 21.1. The van der Waals surface area contributed by atoms with E-state index in [4.69, 9.17) is 4.98 Å². The first kappa shape index (κ1) is 12.2. The Morgan fingerprint density at radius 3 is 2.89 bits per heavy atom. The van der Waals surface area contributed by atoms with E-state index in [2.05, 4.69) is 35.8 Å². The molecule has 100 valence electrons. The van der Waals surface area contributed by atoms with Crippen molar-refractivity contribution in [2.24, 2.45) is 0 Å². The molecule has 1 aliphatic heterocycles. The first-order chi connectivity index (χ1) is 8.66. The number of hydrogen-bond acceptors (Lipinski definition) is 3. The van der Waals surface area contributed by atoms with E-state index < -0.39 is 0 Å².